The largest absolute Gasteiger partial charge is 0.481 e. The lowest BCUT2D eigenvalue weighted by molar-refractivity contribution is -0.384. The second-order valence-electron chi connectivity index (χ2n) is 5.46. The summed E-state index contributed by atoms with van der Waals surface area (Å²) in [6.45, 7) is 1.47. The molecule has 0 heterocycles. The molecule has 1 aromatic carbocycles. The lowest BCUT2D eigenvalue weighted by Gasteiger charge is -2.16. The van der Waals surface area contributed by atoms with E-state index >= 15 is 0 Å². The number of hydrogen-bond donors (Lipinski definition) is 2. The van der Waals surface area contributed by atoms with Crippen molar-refractivity contribution in [3.63, 3.8) is 0 Å². The molecule has 0 aromatic heterocycles. The average Bonchev–Trinajstić information content (AvgIpc) is 3.00. The summed E-state index contributed by atoms with van der Waals surface area (Å²) in [5, 5.41) is 15.7. The summed E-state index contributed by atoms with van der Waals surface area (Å²) in [5.74, 6) is -0.412. The second kappa shape index (κ2) is 7.57. The van der Waals surface area contributed by atoms with E-state index in [4.69, 9.17) is 4.74 Å². The number of rotatable bonds is 5. The number of non-ortho nitro benzene ring substituents is 1. The van der Waals surface area contributed by atoms with Crippen LogP contribution < -0.4 is 15.4 Å². The fourth-order valence-electron chi connectivity index (χ4n) is 2.43. The summed E-state index contributed by atoms with van der Waals surface area (Å²) < 4.78 is 5.34. The van der Waals surface area contributed by atoms with Gasteiger partial charge in [0.15, 0.2) is 6.10 Å². The molecule has 1 fully saturated rings. The number of urea groups is 1. The minimum atomic E-state index is -0.952. The smallest absolute Gasteiger partial charge is 0.321 e. The van der Waals surface area contributed by atoms with Crippen LogP contribution in [0.2, 0.25) is 0 Å². The third-order valence-electron chi connectivity index (χ3n) is 3.64. The fraction of sp³-hybridized carbons (Fsp3) is 0.467. The molecule has 0 radical (unpaired) electrons. The molecule has 8 heteroatoms. The number of carbonyl (C=O) groups excluding carboxylic acids is 2. The molecule has 2 rings (SSSR count). The Labute approximate surface area is 133 Å². The molecule has 0 unspecified atom stereocenters. The molecule has 1 aromatic rings. The van der Waals surface area contributed by atoms with Gasteiger partial charge in [0.25, 0.3) is 11.6 Å². The number of benzene rings is 1. The predicted molar refractivity (Wildman–Crippen MR) is 82.1 cm³/mol. The molecular weight excluding hydrogens is 302 g/mol. The Kier molecular flexibility index (Phi) is 5.51. The third-order valence-corrected chi connectivity index (χ3v) is 3.64. The molecule has 0 spiro atoms. The van der Waals surface area contributed by atoms with Crippen LogP contribution in [-0.4, -0.2) is 29.0 Å². The molecule has 1 atom stereocenters. The van der Waals surface area contributed by atoms with Gasteiger partial charge in [-0.25, -0.2) is 4.79 Å². The van der Waals surface area contributed by atoms with Crippen molar-refractivity contribution in [2.24, 2.45) is 0 Å². The minimum Gasteiger partial charge on any atom is -0.481 e. The SMILES string of the molecule is C[C@H](Oc1cccc([N+](=O)[O-])c1)C(=O)NC(=O)NC1CCCC1. The van der Waals surface area contributed by atoms with E-state index < -0.39 is 23.0 Å². The zero-order valence-electron chi connectivity index (χ0n) is 12.8. The molecule has 1 aliphatic rings. The van der Waals surface area contributed by atoms with Gasteiger partial charge in [0.05, 0.1) is 11.0 Å². The highest BCUT2D eigenvalue weighted by molar-refractivity contribution is 5.96. The van der Waals surface area contributed by atoms with Gasteiger partial charge in [-0.15, -0.1) is 0 Å². The Morgan fingerprint density at radius 2 is 2.04 bits per heavy atom. The Morgan fingerprint density at radius 3 is 2.70 bits per heavy atom. The number of nitrogens with one attached hydrogen (secondary N) is 2. The van der Waals surface area contributed by atoms with Gasteiger partial charge in [0, 0.05) is 12.1 Å². The molecule has 2 N–H and O–H groups in total. The molecule has 0 bridgehead atoms. The van der Waals surface area contributed by atoms with Crippen LogP contribution in [-0.2, 0) is 4.79 Å². The van der Waals surface area contributed by atoms with Crippen molar-refractivity contribution in [1.29, 1.82) is 0 Å². The Hall–Kier alpha value is -2.64. The van der Waals surface area contributed by atoms with E-state index in [1.165, 1.54) is 31.2 Å². The normalized spacial score (nSPS) is 15.7. The first-order valence-corrected chi connectivity index (χ1v) is 7.48. The van der Waals surface area contributed by atoms with Crippen LogP contribution in [0.5, 0.6) is 5.75 Å². The maximum absolute atomic E-state index is 11.9. The topological polar surface area (TPSA) is 111 Å². The van der Waals surface area contributed by atoms with Gasteiger partial charge in [-0.1, -0.05) is 18.9 Å². The van der Waals surface area contributed by atoms with Crippen LogP contribution in [0.25, 0.3) is 0 Å². The molecule has 0 saturated heterocycles. The van der Waals surface area contributed by atoms with Crippen molar-refractivity contribution >= 4 is 17.6 Å². The van der Waals surface area contributed by atoms with Crippen molar-refractivity contribution < 1.29 is 19.2 Å². The monoisotopic (exact) mass is 321 g/mol. The number of ether oxygens (including phenoxy) is 1. The van der Waals surface area contributed by atoms with Gasteiger partial charge in [-0.05, 0) is 25.8 Å². The van der Waals surface area contributed by atoms with Crippen LogP contribution in [0, 0.1) is 10.1 Å². The summed E-state index contributed by atoms with van der Waals surface area (Å²) in [5.41, 5.74) is -0.130. The van der Waals surface area contributed by atoms with Crippen molar-refractivity contribution in [1.82, 2.24) is 10.6 Å². The lowest BCUT2D eigenvalue weighted by atomic mass is 10.2. The lowest BCUT2D eigenvalue weighted by Crippen LogP contribution is -2.47. The van der Waals surface area contributed by atoms with Crippen molar-refractivity contribution in [3.05, 3.63) is 34.4 Å². The molecule has 1 aliphatic carbocycles. The minimum absolute atomic E-state index is 0.107. The first-order chi connectivity index (χ1) is 11.0. The van der Waals surface area contributed by atoms with Crippen LogP contribution in [0.4, 0.5) is 10.5 Å². The van der Waals surface area contributed by atoms with Gasteiger partial charge in [-0.3, -0.25) is 20.2 Å². The summed E-state index contributed by atoms with van der Waals surface area (Å²) in [6, 6.07) is 5.09. The number of nitro benzene ring substituents is 1. The van der Waals surface area contributed by atoms with Crippen LogP contribution >= 0.6 is 0 Å². The van der Waals surface area contributed by atoms with Gasteiger partial charge < -0.3 is 10.1 Å². The molecule has 0 aliphatic heterocycles. The number of nitrogens with zero attached hydrogens (tertiary/aromatic N) is 1. The maximum atomic E-state index is 11.9. The molecule has 3 amide bonds. The standard InChI is InChI=1S/C15H19N3O5/c1-10(23-13-8-4-7-12(9-13)18(21)22)14(19)17-15(20)16-11-5-2-3-6-11/h4,7-11H,2-3,5-6H2,1H3,(H2,16,17,19,20)/t10-/m0/s1. The highest BCUT2D eigenvalue weighted by Crippen LogP contribution is 2.20. The van der Waals surface area contributed by atoms with Crippen LogP contribution in [0.3, 0.4) is 0 Å². The highest BCUT2D eigenvalue weighted by Gasteiger charge is 2.21. The van der Waals surface area contributed by atoms with Crippen LogP contribution in [0.1, 0.15) is 32.6 Å². The molecule has 124 valence electrons. The molecule has 23 heavy (non-hydrogen) atoms. The van der Waals surface area contributed by atoms with Gasteiger partial charge in [-0.2, -0.15) is 0 Å². The van der Waals surface area contributed by atoms with Crippen molar-refractivity contribution in [2.75, 3.05) is 0 Å². The molecule has 1 saturated carbocycles. The Bertz CT molecular complexity index is 599. The average molecular weight is 321 g/mol. The first kappa shape index (κ1) is 16.7. The summed E-state index contributed by atoms with van der Waals surface area (Å²) in [4.78, 5) is 33.8. The fourth-order valence-corrected chi connectivity index (χ4v) is 2.43. The van der Waals surface area contributed by atoms with Crippen LogP contribution in [0.15, 0.2) is 24.3 Å². The summed E-state index contributed by atoms with van der Waals surface area (Å²) >= 11 is 0. The van der Waals surface area contributed by atoms with Gasteiger partial charge in [0.1, 0.15) is 5.75 Å². The number of imide groups is 1. The highest BCUT2D eigenvalue weighted by atomic mass is 16.6. The van der Waals surface area contributed by atoms with E-state index in [9.17, 15) is 19.7 Å². The van der Waals surface area contributed by atoms with E-state index in [1.54, 1.807) is 0 Å². The number of hydrogen-bond acceptors (Lipinski definition) is 5. The van der Waals surface area contributed by atoms with E-state index in [-0.39, 0.29) is 17.5 Å². The van der Waals surface area contributed by atoms with E-state index in [0.717, 1.165) is 25.7 Å². The predicted octanol–water partition coefficient (Wildman–Crippen LogP) is 2.13. The second-order valence-corrected chi connectivity index (χ2v) is 5.46. The molecule has 8 nitrogen and oxygen atoms in total. The zero-order valence-corrected chi connectivity index (χ0v) is 12.8. The summed E-state index contributed by atoms with van der Waals surface area (Å²) in [6.07, 6.45) is 3.03. The Balaban J connectivity index is 1.85. The van der Waals surface area contributed by atoms with Gasteiger partial charge in [0.2, 0.25) is 0 Å². The van der Waals surface area contributed by atoms with E-state index in [2.05, 4.69) is 10.6 Å². The van der Waals surface area contributed by atoms with Crippen molar-refractivity contribution in [2.45, 2.75) is 44.8 Å². The maximum Gasteiger partial charge on any atom is 0.321 e. The van der Waals surface area contributed by atoms with Gasteiger partial charge >= 0.3 is 6.03 Å². The quantitative estimate of drug-likeness (QED) is 0.637. The van der Waals surface area contributed by atoms with E-state index in [1.807, 2.05) is 0 Å². The number of amides is 3. The number of carbonyl (C=O) groups is 2. The first-order valence-electron chi connectivity index (χ1n) is 7.48. The zero-order chi connectivity index (χ0) is 16.8. The Morgan fingerprint density at radius 1 is 1.35 bits per heavy atom. The van der Waals surface area contributed by atoms with E-state index in [0.29, 0.717) is 0 Å². The van der Waals surface area contributed by atoms with Crippen molar-refractivity contribution in [3.8, 4) is 5.75 Å². The third kappa shape index (κ3) is 4.94. The number of nitro groups is 1. The summed E-state index contributed by atoms with van der Waals surface area (Å²) in [7, 11) is 0. The molecular formula is C15H19N3O5.